The van der Waals surface area contributed by atoms with Crippen molar-refractivity contribution < 1.29 is 33.4 Å². The lowest BCUT2D eigenvalue weighted by Crippen LogP contribution is -2.19. The summed E-state index contributed by atoms with van der Waals surface area (Å²) >= 11 is 0. The van der Waals surface area contributed by atoms with Crippen LogP contribution in [0.15, 0.2) is 60.7 Å². The smallest absolute Gasteiger partial charge is 0.347 e. The first-order valence-electron chi connectivity index (χ1n) is 10.1. The third kappa shape index (κ3) is 2.90. The molecule has 1 saturated carbocycles. The third-order valence-corrected chi connectivity index (χ3v) is 5.90. The van der Waals surface area contributed by atoms with Crippen LogP contribution in [0.1, 0.15) is 47.9 Å². The minimum Gasteiger partial charge on any atom is -0.457 e. The monoisotopic (exact) mass is 426 g/mol. The Labute approximate surface area is 181 Å². The maximum atomic E-state index is 12.5. The summed E-state index contributed by atoms with van der Waals surface area (Å²) in [6.07, 6.45) is 0.645. The fourth-order valence-corrected chi connectivity index (χ4v) is 4.16. The molecule has 0 amide bonds. The fourth-order valence-electron chi connectivity index (χ4n) is 4.16. The molecule has 0 bridgehead atoms. The molecule has 6 rings (SSSR count). The standard InChI is InChI=1S/C25H14O7/c26-22-16-7-5-14(9-18(16)23(27)20-11-19(20)22)30-12-1-3-13(4-2-12)31-15-6-8-17-21(10-15)25(29)32-24(17)28/h1-10,19-20H,11H2. The lowest BCUT2D eigenvalue weighted by atomic mass is 9.89. The Morgan fingerprint density at radius 3 is 1.66 bits per heavy atom. The molecule has 0 spiro atoms. The van der Waals surface area contributed by atoms with Crippen molar-refractivity contribution in [2.45, 2.75) is 6.42 Å². The Morgan fingerprint density at radius 1 is 0.562 bits per heavy atom. The molecule has 32 heavy (non-hydrogen) atoms. The number of ether oxygens (including phenoxy) is 3. The highest BCUT2D eigenvalue weighted by Crippen LogP contribution is 2.48. The van der Waals surface area contributed by atoms with E-state index >= 15 is 0 Å². The van der Waals surface area contributed by atoms with Gasteiger partial charge in [-0.25, -0.2) is 9.59 Å². The van der Waals surface area contributed by atoms with Crippen LogP contribution in [-0.4, -0.2) is 23.5 Å². The molecule has 2 atom stereocenters. The average Bonchev–Trinajstić information content (AvgIpc) is 3.55. The van der Waals surface area contributed by atoms with E-state index in [1.54, 1.807) is 48.5 Å². The van der Waals surface area contributed by atoms with Gasteiger partial charge in [0.15, 0.2) is 11.6 Å². The zero-order chi connectivity index (χ0) is 22.0. The molecule has 0 aromatic heterocycles. The number of fused-ring (bicyclic) bond motifs is 3. The number of hydrogen-bond donors (Lipinski definition) is 0. The molecule has 0 saturated heterocycles. The quantitative estimate of drug-likeness (QED) is 0.444. The zero-order valence-corrected chi connectivity index (χ0v) is 16.5. The lowest BCUT2D eigenvalue weighted by molar-refractivity contribution is 0.0443. The number of rotatable bonds is 4. The molecule has 7 nitrogen and oxygen atoms in total. The van der Waals surface area contributed by atoms with Gasteiger partial charge in [-0.05, 0) is 67.1 Å². The van der Waals surface area contributed by atoms with Gasteiger partial charge < -0.3 is 14.2 Å². The Hall–Kier alpha value is -4.26. The summed E-state index contributed by atoms with van der Waals surface area (Å²) in [5, 5.41) is 0. The van der Waals surface area contributed by atoms with E-state index in [1.165, 1.54) is 12.1 Å². The van der Waals surface area contributed by atoms with Crippen LogP contribution in [0.25, 0.3) is 0 Å². The second-order valence-electron chi connectivity index (χ2n) is 7.94. The number of hydrogen-bond acceptors (Lipinski definition) is 7. The van der Waals surface area contributed by atoms with Gasteiger partial charge in [-0.3, -0.25) is 9.59 Å². The molecule has 1 aliphatic heterocycles. The average molecular weight is 426 g/mol. The van der Waals surface area contributed by atoms with E-state index in [2.05, 4.69) is 4.74 Å². The van der Waals surface area contributed by atoms with Crippen molar-refractivity contribution in [1.29, 1.82) is 0 Å². The van der Waals surface area contributed by atoms with Crippen molar-refractivity contribution in [2.75, 3.05) is 0 Å². The van der Waals surface area contributed by atoms with Crippen LogP contribution in [0.2, 0.25) is 0 Å². The normalized spacial score (nSPS) is 20.2. The summed E-state index contributed by atoms with van der Waals surface area (Å²) in [4.78, 5) is 48.0. The first kappa shape index (κ1) is 18.5. The van der Waals surface area contributed by atoms with Crippen LogP contribution >= 0.6 is 0 Å². The lowest BCUT2D eigenvalue weighted by Gasteiger charge is -2.15. The summed E-state index contributed by atoms with van der Waals surface area (Å²) in [6.45, 7) is 0. The van der Waals surface area contributed by atoms with Gasteiger partial charge in [0.25, 0.3) is 0 Å². The molecule has 1 heterocycles. The fraction of sp³-hybridized carbons (Fsp3) is 0.120. The van der Waals surface area contributed by atoms with Gasteiger partial charge in [0.05, 0.1) is 11.1 Å². The van der Waals surface area contributed by atoms with E-state index in [9.17, 15) is 19.2 Å². The van der Waals surface area contributed by atoms with Crippen LogP contribution in [0.4, 0.5) is 0 Å². The number of cyclic esters (lactones) is 2. The second kappa shape index (κ2) is 6.62. The minimum atomic E-state index is -0.693. The van der Waals surface area contributed by atoms with Crippen molar-refractivity contribution >= 4 is 23.5 Å². The summed E-state index contributed by atoms with van der Waals surface area (Å²) in [5.41, 5.74) is 1.29. The molecule has 0 N–H and O–H groups in total. The molecule has 7 heteroatoms. The van der Waals surface area contributed by atoms with E-state index in [4.69, 9.17) is 9.47 Å². The number of Topliss-reactive ketones (excluding diaryl/α,β-unsaturated/α-hetero) is 2. The predicted molar refractivity (Wildman–Crippen MR) is 109 cm³/mol. The number of benzene rings is 3. The van der Waals surface area contributed by atoms with E-state index < -0.39 is 11.9 Å². The van der Waals surface area contributed by atoms with E-state index in [-0.39, 0.29) is 34.5 Å². The highest BCUT2D eigenvalue weighted by Gasteiger charge is 2.52. The molecule has 1 fully saturated rings. The van der Waals surface area contributed by atoms with Gasteiger partial charge in [0.1, 0.15) is 23.0 Å². The summed E-state index contributed by atoms with van der Waals surface area (Å²) < 4.78 is 16.2. The van der Waals surface area contributed by atoms with Crippen molar-refractivity contribution in [1.82, 2.24) is 0 Å². The molecule has 0 radical (unpaired) electrons. The molecule has 3 aromatic carbocycles. The Kier molecular flexibility index (Phi) is 3.83. The Morgan fingerprint density at radius 2 is 1.03 bits per heavy atom. The Bertz CT molecular complexity index is 1350. The molecule has 3 aliphatic rings. The van der Waals surface area contributed by atoms with Crippen molar-refractivity contribution in [3.05, 3.63) is 82.9 Å². The summed E-state index contributed by atoms with van der Waals surface area (Å²) in [7, 11) is 0. The van der Waals surface area contributed by atoms with Gasteiger partial charge >= 0.3 is 11.9 Å². The first-order chi connectivity index (χ1) is 15.5. The molecule has 2 unspecified atom stereocenters. The largest absolute Gasteiger partial charge is 0.457 e. The molecule has 2 aliphatic carbocycles. The zero-order valence-electron chi connectivity index (χ0n) is 16.5. The van der Waals surface area contributed by atoms with E-state index in [0.717, 1.165) is 0 Å². The topological polar surface area (TPSA) is 96.0 Å². The van der Waals surface area contributed by atoms with Crippen molar-refractivity contribution in [3.63, 3.8) is 0 Å². The van der Waals surface area contributed by atoms with Gasteiger partial charge in [0.2, 0.25) is 0 Å². The van der Waals surface area contributed by atoms with Crippen LogP contribution < -0.4 is 9.47 Å². The van der Waals surface area contributed by atoms with E-state index in [1.807, 2.05) is 0 Å². The molecular formula is C25H14O7. The molecule has 156 valence electrons. The second-order valence-corrected chi connectivity index (χ2v) is 7.94. The van der Waals surface area contributed by atoms with Gasteiger partial charge in [-0.2, -0.15) is 0 Å². The van der Waals surface area contributed by atoms with Gasteiger partial charge in [0, 0.05) is 23.0 Å². The highest BCUT2D eigenvalue weighted by atomic mass is 16.6. The van der Waals surface area contributed by atoms with E-state index in [0.29, 0.717) is 40.5 Å². The van der Waals surface area contributed by atoms with Gasteiger partial charge in [-0.1, -0.05) is 0 Å². The minimum absolute atomic E-state index is 0.0127. The van der Waals surface area contributed by atoms with Crippen molar-refractivity contribution in [3.8, 4) is 23.0 Å². The van der Waals surface area contributed by atoms with Gasteiger partial charge in [-0.15, -0.1) is 0 Å². The predicted octanol–water partition coefficient (Wildman–Crippen LogP) is 4.60. The Balaban J connectivity index is 1.18. The third-order valence-electron chi connectivity index (χ3n) is 5.90. The molecular weight excluding hydrogens is 412 g/mol. The van der Waals surface area contributed by atoms with Crippen LogP contribution in [0, 0.1) is 11.8 Å². The first-order valence-corrected chi connectivity index (χ1v) is 10.1. The highest BCUT2D eigenvalue weighted by molar-refractivity contribution is 6.19. The summed E-state index contributed by atoms with van der Waals surface area (Å²) in [6, 6.07) is 16.3. The maximum absolute atomic E-state index is 12.5. The number of carbonyl (C=O) groups is 4. The summed E-state index contributed by atoms with van der Waals surface area (Å²) in [5.74, 6) is 0.289. The number of esters is 2. The number of carbonyl (C=O) groups excluding carboxylic acids is 4. The van der Waals surface area contributed by atoms with Crippen LogP contribution in [-0.2, 0) is 4.74 Å². The maximum Gasteiger partial charge on any atom is 0.347 e. The van der Waals surface area contributed by atoms with Crippen LogP contribution in [0.5, 0.6) is 23.0 Å². The number of ketones is 2. The van der Waals surface area contributed by atoms with Crippen LogP contribution in [0.3, 0.4) is 0 Å². The SMILES string of the molecule is O=C1OC(=O)c2cc(Oc3ccc(Oc4ccc5c(c4)C(=O)C4CC4C5=O)cc3)ccc21. The molecule has 3 aromatic rings. The van der Waals surface area contributed by atoms with Crippen molar-refractivity contribution in [2.24, 2.45) is 11.8 Å².